The Morgan fingerprint density at radius 2 is 1.64 bits per heavy atom. The highest BCUT2D eigenvalue weighted by Gasteiger charge is 2.46. The van der Waals surface area contributed by atoms with Gasteiger partial charge in [-0.1, -0.05) is 24.3 Å². The Morgan fingerprint density at radius 1 is 0.899 bits per heavy atom. The second-order valence-electron chi connectivity index (χ2n) is 20.3. The third kappa shape index (κ3) is 9.99. The number of aromatic nitrogens is 3. The SMILES string of the molecule is CNC.O=CCCC(C=O)N1Cc2cc(N3CCC(CN4CCN(CC5(COc6nc(N7CC8CCC(C7)N8)c7cnc(-c8cc(O)cc9ccccc89)c(F)c7n6)CC5)CC4)CC3)ccc2C1=O. The van der Waals surface area contributed by atoms with Gasteiger partial charge in [-0.05, 0) is 112 Å². The second kappa shape index (κ2) is 20.3. The van der Waals surface area contributed by atoms with Crippen LogP contribution < -0.4 is 25.2 Å². The molecule has 0 radical (unpaired) electrons. The lowest BCUT2D eigenvalue weighted by Crippen LogP contribution is -2.51. The number of fused-ring (bicyclic) bond motifs is 5. The van der Waals surface area contributed by atoms with Crippen LogP contribution >= 0.6 is 0 Å². The van der Waals surface area contributed by atoms with Gasteiger partial charge in [0.25, 0.3) is 5.91 Å². The monoisotopic (exact) mass is 941 g/mol. The van der Waals surface area contributed by atoms with E-state index in [4.69, 9.17) is 14.7 Å². The number of ether oxygens (including phenoxy) is 1. The molecule has 16 heteroatoms. The topological polar surface area (TPSA) is 160 Å². The normalized spacial score (nSPS) is 21.8. The minimum atomic E-state index is -0.578. The molecule has 15 nitrogen and oxygen atoms in total. The Bertz CT molecular complexity index is 2670. The van der Waals surface area contributed by atoms with Crippen LogP contribution in [0.15, 0.2) is 60.8 Å². The molecule has 5 aromatic rings. The quantitative estimate of drug-likeness (QED) is 0.110. The first-order valence-corrected chi connectivity index (χ1v) is 25.0. The van der Waals surface area contributed by atoms with Crippen molar-refractivity contribution < 1.29 is 28.6 Å². The summed E-state index contributed by atoms with van der Waals surface area (Å²) in [7, 11) is 3.75. The fourth-order valence-electron chi connectivity index (χ4n) is 11.4. The number of amides is 1. The van der Waals surface area contributed by atoms with Crippen LogP contribution in [-0.2, 0) is 16.1 Å². The highest BCUT2D eigenvalue weighted by atomic mass is 19.1. The third-order valence-corrected chi connectivity index (χ3v) is 15.3. The van der Waals surface area contributed by atoms with Gasteiger partial charge < -0.3 is 54.6 Å². The summed E-state index contributed by atoms with van der Waals surface area (Å²) in [6, 6.07) is 17.2. The van der Waals surface area contributed by atoms with Crippen molar-refractivity contribution in [3.8, 4) is 23.0 Å². The van der Waals surface area contributed by atoms with Crippen LogP contribution in [0, 0.1) is 17.2 Å². The molecular weight excluding hydrogens is 876 g/mol. The number of rotatable bonds is 15. The van der Waals surface area contributed by atoms with Crippen LogP contribution in [0.2, 0.25) is 0 Å². The number of hydrogen-bond acceptors (Lipinski definition) is 14. The number of phenolic OH excluding ortho intramolecular Hbond substituents is 1. The number of anilines is 2. The first-order chi connectivity index (χ1) is 33.6. The maximum atomic E-state index is 16.9. The minimum Gasteiger partial charge on any atom is -0.508 e. The Labute approximate surface area is 403 Å². The zero-order valence-electron chi connectivity index (χ0n) is 39.9. The fraction of sp³-hybridized carbons (Fsp3) is 0.509. The van der Waals surface area contributed by atoms with Crippen LogP contribution in [-0.4, -0.2) is 158 Å². The van der Waals surface area contributed by atoms with E-state index in [9.17, 15) is 19.5 Å². The van der Waals surface area contributed by atoms with Gasteiger partial charge in [0.1, 0.15) is 35.4 Å². The molecule has 0 spiro atoms. The summed E-state index contributed by atoms with van der Waals surface area (Å²) < 4.78 is 23.4. The number of piperazine rings is 2. The summed E-state index contributed by atoms with van der Waals surface area (Å²) in [5.74, 6) is 0.653. The third-order valence-electron chi connectivity index (χ3n) is 15.3. The molecule has 1 saturated carbocycles. The van der Waals surface area contributed by atoms with E-state index in [1.54, 1.807) is 23.2 Å². The molecule has 3 N–H and O–H groups in total. The van der Waals surface area contributed by atoms with Crippen molar-refractivity contribution in [3.05, 3.63) is 77.7 Å². The summed E-state index contributed by atoms with van der Waals surface area (Å²) in [5, 5.41) is 19.2. The van der Waals surface area contributed by atoms with Gasteiger partial charge in [0.2, 0.25) is 0 Å². The number of carbonyl (C=O) groups excluding carboxylic acids is 3. The number of pyridine rings is 1. The maximum Gasteiger partial charge on any atom is 0.319 e. The summed E-state index contributed by atoms with van der Waals surface area (Å²) in [6.45, 7) is 10.5. The Balaban J connectivity index is 0.00000180. The molecule has 11 rings (SSSR count). The van der Waals surface area contributed by atoms with Gasteiger partial charge in [0.15, 0.2) is 5.82 Å². The van der Waals surface area contributed by atoms with E-state index < -0.39 is 11.9 Å². The van der Waals surface area contributed by atoms with Gasteiger partial charge in [-0.25, -0.2) is 4.39 Å². The van der Waals surface area contributed by atoms with Crippen molar-refractivity contribution in [2.45, 2.75) is 76.0 Å². The molecule has 3 atom stereocenters. The molecule has 1 amide bonds. The number of nitrogens with one attached hydrogen (secondary N) is 2. The van der Waals surface area contributed by atoms with Crippen LogP contribution in [0.1, 0.15) is 67.3 Å². The Kier molecular flexibility index (Phi) is 13.8. The van der Waals surface area contributed by atoms with Crippen molar-refractivity contribution in [1.29, 1.82) is 0 Å². The first-order valence-electron chi connectivity index (χ1n) is 25.0. The lowest BCUT2D eigenvalue weighted by molar-refractivity contribution is -0.112. The van der Waals surface area contributed by atoms with Gasteiger partial charge in [-0.3, -0.25) is 9.78 Å². The van der Waals surface area contributed by atoms with E-state index in [0.717, 1.165) is 139 Å². The summed E-state index contributed by atoms with van der Waals surface area (Å²) >= 11 is 0. The number of piperidine rings is 1. The van der Waals surface area contributed by atoms with E-state index in [1.165, 1.54) is 0 Å². The summed E-state index contributed by atoms with van der Waals surface area (Å²) in [6.07, 6.45) is 10.4. The molecule has 3 aromatic carbocycles. The van der Waals surface area contributed by atoms with Crippen LogP contribution in [0.3, 0.4) is 0 Å². The Hall–Kier alpha value is -5.81. The van der Waals surface area contributed by atoms with E-state index in [2.05, 4.69) is 41.3 Å². The minimum absolute atomic E-state index is 0.0136. The number of aromatic hydroxyl groups is 1. The van der Waals surface area contributed by atoms with Gasteiger partial charge in [-0.2, -0.15) is 9.97 Å². The summed E-state index contributed by atoms with van der Waals surface area (Å²) in [5.41, 5.74) is 3.57. The van der Waals surface area contributed by atoms with Crippen molar-refractivity contribution >= 4 is 51.7 Å². The van der Waals surface area contributed by atoms with Crippen LogP contribution in [0.25, 0.3) is 32.9 Å². The molecule has 4 saturated heterocycles. The predicted molar refractivity (Wildman–Crippen MR) is 265 cm³/mol. The number of benzene rings is 3. The van der Waals surface area contributed by atoms with Gasteiger partial charge in [0, 0.05) is 119 Å². The molecule has 3 unspecified atom stereocenters. The highest BCUT2D eigenvalue weighted by Crippen LogP contribution is 2.47. The molecule has 69 heavy (non-hydrogen) atoms. The average molecular weight is 941 g/mol. The number of phenols is 1. The lowest BCUT2D eigenvalue weighted by Gasteiger charge is -2.40. The number of nitrogens with zero attached hydrogens (tertiary/aromatic N) is 8. The van der Waals surface area contributed by atoms with Crippen molar-refractivity contribution in [3.63, 3.8) is 0 Å². The average Bonchev–Trinajstić information content (AvgIpc) is 3.94. The molecule has 2 aromatic heterocycles. The van der Waals surface area contributed by atoms with Crippen molar-refractivity contribution in [2.75, 3.05) is 95.9 Å². The zero-order chi connectivity index (χ0) is 47.6. The molecule has 7 heterocycles. The lowest BCUT2D eigenvalue weighted by atomic mass is 9.95. The molecule has 1 aliphatic carbocycles. The largest absolute Gasteiger partial charge is 0.508 e. The first kappa shape index (κ1) is 46.9. The fourth-order valence-corrected chi connectivity index (χ4v) is 11.4. The zero-order valence-corrected chi connectivity index (χ0v) is 39.9. The molecule has 2 bridgehead atoms. The van der Waals surface area contributed by atoms with Gasteiger partial charge in [-0.15, -0.1) is 0 Å². The molecule has 5 fully saturated rings. The smallest absolute Gasteiger partial charge is 0.319 e. The van der Waals surface area contributed by atoms with E-state index in [1.807, 2.05) is 50.5 Å². The van der Waals surface area contributed by atoms with Gasteiger partial charge in [0.05, 0.1) is 18.0 Å². The van der Waals surface area contributed by atoms with E-state index >= 15 is 4.39 Å². The Morgan fingerprint density at radius 3 is 2.36 bits per heavy atom. The predicted octanol–water partition coefficient (Wildman–Crippen LogP) is 5.66. The highest BCUT2D eigenvalue weighted by molar-refractivity contribution is 6.01. The molecule has 5 aliphatic heterocycles. The van der Waals surface area contributed by atoms with E-state index in [-0.39, 0.29) is 40.7 Å². The van der Waals surface area contributed by atoms with Crippen LogP contribution in [0.5, 0.6) is 11.8 Å². The number of aldehydes is 2. The number of carbonyl (C=O) groups is 3. The number of halogens is 1. The van der Waals surface area contributed by atoms with Crippen molar-refractivity contribution in [1.82, 2.24) is 40.3 Å². The molecule has 364 valence electrons. The standard InChI is InChI=1S/C51H58FN9O5.C2H7N/c52-45-46(43-24-40(64)23-34-4-1-2-6-41(34)43)53-25-44-47(45)55-50(56-48(44)60-28-36-7-8-37(29-60)54-36)66-32-51(13-14-51)31-58-19-17-57(18-20-58)26-33-11-15-59(16-12-33)38-9-10-42-35(22-38)27-61(49(42)65)39(30-63)5-3-21-62;1-3-2/h1-2,4,6,9-10,21-25,30,33,36-37,39,54,64H,3,5,7-8,11-20,26-29,31-32H2;3H,1-2H3. The maximum absolute atomic E-state index is 16.9. The molecule has 6 aliphatic rings. The van der Waals surface area contributed by atoms with Gasteiger partial charge >= 0.3 is 6.01 Å². The number of hydrogen-bond donors (Lipinski definition) is 3. The van der Waals surface area contributed by atoms with E-state index in [0.29, 0.717) is 59.9 Å². The van der Waals surface area contributed by atoms with Crippen LogP contribution in [0.4, 0.5) is 15.9 Å². The summed E-state index contributed by atoms with van der Waals surface area (Å²) in [4.78, 5) is 61.6. The molecular formula is C53H65FN10O5. The second-order valence-corrected chi connectivity index (χ2v) is 20.3. The van der Waals surface area contributed by atoms with Crippen molar-refractivity contribution in [2.24, 2.45) is 11.3 Å².